The van der Waals surface area contributed by atoms with Gasteiger partial charge in [0.05, 0.1) is 36.8 Å². The highest BCUT2D eigenvalue weighted by Gasteiger charge is 2.13. The first kappa shape index (κ1) is 12.3. The number of nitrogens with two attached hydrogens (primary N) is 1. The van der Waals surface area contributed by atoms with Crippen LogP contribution in [0.3, 0.4) is 0 Å². The Labute approximate surface area is 109 Å². The lowest BCUT2D eigenvalue weighted by atomic mass is 10.0. The van der Waals surface area contributed by atoms with Gasteiger partial charge in [0.2, 0.25) is 0 Å². The summed E-state index contributed by atoms with van der Waals surface area (Å²) in [5.41, 5.74) is 7.81. The third kappa shape index (κ3) is 2.94. The second-order valence-electron chi connectivity index (χ2n) is 3.60. The van der Waals surface area contributed by atoms with E-state index >= 15 is 0 Å². The van der Waals surface area contributed by atoms with Crippen molar-refractivity contribution in [3.8, 4) is 5.75 Å². The Morgan fingerprint density at radius 2 is 2.35 bits per heavy atom. The van der Waals surface area contributed by atoms with E-state index in [2.05, 4.69) is 8.75 Å². The summed E-state index contributed by atoms with van der Waals surface area (Å²) in [6, 6.07) is 5.30. The van der Waals surface area contributed by atoms with Crippen LogP contribution in [0, 0.1) is 0 Å². The molecule has 1 heterocycles. The normalized spacial score (nSPS) is 12.4. The molecule has 0 bridgehead atoms. The molecule has 6 heteroatoms. The van der Waals surface area contributed by atoms with Crippen molar-refractivity contribution >= 4 is 23.3 Å². The average Bonchev–Trinajstić information content (AvgIpc) is 2.83. The number of ether oxygens (including phenoxy) is 1. The summed E-state index contributed by atoms with van der Waals surface area (Å²) in [5, 5.41) is 0.671. The van der Waals surface area contributed by atoms with Gasteiger partial charge in [0.15, 0.2) is 0 Å². The summed E-state index contributed by atoms with van der Waals surface area (Å²) in [6.07, 6.45) is 2.31. The highest BCUT2D eigenvalue weighted by Crippen LogP contribution is 2.26. The van der Waals surface area contributed by atoms with E-state index in [1.165, 1.54) is 0 Å². The molecule has 0 fully saturated rings. The largest absolute Gasteiger partial charge is 0.496 e. The molecule has 4 nitrogen and oxygen atoms in total. The minimum Gasteiger partial charge on any atom is -0.496 e. The van der Waals surface area contributed by atoms with Crippen molar-refractivity contribution in [3.05, 3.63) is 40.7 Å². The molecule has 90 valence electrons. The van der Waals surface area contributed by atoms with E-state index in [1.807, 2.05) is 12.1 Å². The van der Waals surface area contributed by atoms with Gasteiger partial charge in [0.25, 0.3) is 0 Å². The first-order valence-electron chi connectivity index (χ1n) is 5.06. The molecule has 2 aromatic rings. The summed E-state index contributed by atoms with van der Waals surface area (Å²) >= 11 is 7.11. The SMILES string of the molecule is COc1ccc(Cl)cc1CC(N)c1cnsn1. The minimum atomic E-state index is -0.193. The fourth-order valence-corrected chi connectivity index (χ4v) is 2.26. The van der Waals surface area contributed by atoms with Crippen LogP contribution in [0.2, 0.25) is 5.02 Å². The zero-order chi connectivity index (χ0) is 12.3. The molecule has 0 aliphatic heterocycles. The quantitative estimate of drug-likeness (QED) is 0.926. The number of benzene rings is 1. The number of hydrogen-bond acceptors (Lipinski definition) is 5. The molecule has 0 saturated carbocycles. The Balaban J connectivity index is 2.20. The lowest BCUT2D eigenvalue weighted by Gasteiger charge is -2.12. The Morgan fingerprint density at radius 1 is 1.53 bits per heavy atom. The van der Waals surface area contributed by atoms with Gasteiger partial charge in [0, 0.05) is 5.02 Å². The van der Waals surface area contributed by atoms with Crippen LogP contribution >= 0.6 is 23.3 Å². The Kier molecular flexibility index (Phi) is 3.93. The van der Waals surface area contributed by atoms with Crippen molar-refractivity contribution in [1.29, 1.82) is 0 Å². The van der Waals surface area contributed by atoms with Crippen molar-refractivity contribution in [2.75, 3.05) is 7.11 Å². The van der Waals surface area contributed by atoms with Gasteiger partial charge >= 0.3 is 0 Å². The predicted octanol–water partition coefficient (Wildman–Crippen LogP) is 2.44. The van der Waals surface area contributed by atoms with Gasteiger partial charge in [0.1, 0.15) is 5.75 Å². The number of hydrogen-bond donors (Lipinski definition) is 1. The summed E-state index contributed by atoms with van der Waals surface area (Å²) in [7, 11) is 1.63. The van der Waals surface area contributed by atoms with Crippen molar-refractivity contribution in [1.82, 2.24) is 8.75 Å². The maximum atomic E-state index is 6.05. The number of rotatable bonds is 4. The molecule has 0 saturated heterocycles. The lowest BCUT2D eigenvalue weighted by molar-refractivity contribution is 0.408. The molecule has 0 radical (unpaired) electrons. The maximum Gasteiger partial charge on any atom is 0.122 e. The predicted molar refractivity (Wildman–Crippen MR) is 68.5 cm³/mol. The number of nitrogens with zero attached hydrogens (tertiary/aromatic N) is 2. The van der Waals surface area contributed by atoms with E-state index in [1.54, 1.807) is 19.4 Å². The van der Waals surface area contributed by atoms with Crippen LogP contribution in [0.1, 0.15) is 17.3 Å². The molecule has 1 unspecified atom stereocenters. The van der Waals surface area contributed by atoms with Crippen LogP contribution in [0.5, 0.6) is 5.75 Å². The van der Waals surface area contributed by atoms with E-state index in [9.17, 15) is 0 Å². The Hall–Kier alpha value is -1.17. The van der Waals surface area contributed by atoms with Gasteiger partial charge in [-0.25, -0.2) is 0 Å². The molecule has 17 heavy (non-hydrogen) atoms. The van der Waals surface area contributed by atoms with Gasteiger partial charge in [-0.2, -0.15) is 8.75 Å². The van der Waals surface area contributed by atoms with E-state index in [0.29, 0.717) is 11.4 Å². The molecule has 0 spiro atoms. The van der Waals surface area contributed by atoms with E-state index < -0.39 is 0 Å². The van der Waals surface area contributed by atoms with Crippen molar-refractivity contribution in [2.24, 2.45) is 5.73 Å². The van der Waals surface area contributed by atoms with E-state index in [-0.39, 0.29) is 6.04 Å². The fraction of sp³-hybridized carbons (Fsp3) is 0.273. The van der Waals surface area contributed by atoms with Crippen LogP contribution in [-0.2, 0) is 6.42 Å². The van der Waals surface area contributed by atoms with Gasteiger partial charge < -0.3 is 10.5 Å². The fourth-order valence-electron chi connectivity index (χ4n) is 1.58. The van der Waals surface area contributed by atoms with Crippen LogP contribution < -0.4 is 10.5 Å². The molecule has 1 aromatic carbocycles. The summed E-state index contributed by atoms with van der Waals surface area (Å²) in [5.74, 6) is 0.785. The van der Waals surface area contributed by atoms with Gasteiger partial charge in [-0.15, -0.1) is 0 Å². The first-order valence-corrected chi connectivity index (χ1v) is 6.17. The molecule has 0 aliphatic rings. The second kappa shape index (κ2) is 5.44. The average molecular weight is 270 g/mol. The zero-order valence-corrected chi connectivity index (χ0v) is 10.8. The summed E-state index contributed by atoms with van der Waals surface area (Å²) in [6.45, 7) is 0. The summed E-state index contributed by atoms with van der Waals surface area (Å²) < 4.78 is 13.3. The molecule has 1 atom stereocenters. The number of halogens is 1. The molecule has 2 N–H and O–H groups in total. The molecule has 2 rings (SSSR count). The number of aromatic nitrogens is 2. The highest BCUT2D eigenvalue weighted by molar-refractivity contribution is 6.99. The van der Waals surface area contributed by atoms with Crippen LogP contribution in [0.15, 0.2) is 24.4 Å². The second-order valence-corrected chi connectivity index (χ2v) is 4.59. The lowest BCUT2D eigenvalue weighted by Crippen LogP contribution is -2.14. The molecular weight excluding hydrogens is 258 g/mol. The third-order valence-corrected chi connectivity index (χ3v) is 3.17. The highest BCUT2D eigenvalue weighted by atomic mass is 35.5. The van der Waals surface area contributed by atoms with Crippen molar-refractivity contribution in [3.63, 3.8) is 0 Å². The zero-order valence-electron chi connectivity index (χ0n) is 9.26. The standard InChI is InChI=1S/C11H12ClN3OS/c1-16-11-3-2-8(12)4-7(11)5-9(13)10-6-14-17-15-10/h2-4,6,9H,5,13H2,1H3. The van der Waals surface area contributed by atoms with Gasteiger partial charge in [-0.3, -0.25) is 0 Å². The minimum absolute atomic E-state index is 0.193. The van der Waals surface area contributed by atoms with E-state index in [4.69, 9.17) is 22.1 Å². The van der Waals surface area contributed by atoms with Crippen LogP contribution in [0.25, 0.3) is 0 Å². The molecular formula is C11H12ClN3OS. The Morgan fingerprint density at radius 3 is 3.00 bits per heavy atom. The van der Waals surface area contributed by atoms with Crippen LogP contribution in [0.4, 0.5) is 0 Å². The van der Waals surface area contributed by atoms with Crippen LogP contribution in [-0.4, -0.2) is 15.9 Å². The topological polar surface area (TPSA) is 61.0 Å². The smallest absolute Gasteiger partial charge is 0.122 e. The third-order valence-electron chi connectivity index (χ3n) is 2.44. The molecule has 0 amide bonds. The molecule has 0 aliphatic carbocycles. The summed E-state index contributed by atoms with van der Waals surface area (Å²) in [4.78, 5) is 0. The maximum absolute atomic E-state index is 6.05. The number of methoxy groups -OCH3 is 1. The van der Waals surface area contributed by atoms with Gasteiger partial charge in [-0.1, -0.05) is 11.6 Å². The monoisotopic (exact) mass is 269 g/mol. The van der Waals surface area contributed by atoms with E-state index in [0.717, 1.165) is 28.7 Å². The Bertz CT molecular complexity index is 489. The van der Waals surface area contributed by atoms with Crippen molar-refractivity contribution in [2.45, 2.75) is 12.5 Å². The molecule has 1 aromatic heterocycles. The van der Waals surface area contributed by atoms with Crippen molar-refractivity contribution < 1.29 is 4.74 Å². The first-order chi connectivity index (χ1) is 8.20. The van der Waals surface area contributed by atoms with Gasteiger partial charge in [-0.05, 0) is 30.2 Å².